The molecule has 1 atom stereocenters. The topological polar surface area (TPSA) is 51.0 Å². The van der Waals surface area contributed by atoms with Crippen molar-refractivity contribution in [3.63, 3.8) is 0 Å². The Morgan fingerprint density at radius 2 is 2.35 bits per heavy atom. The minimum atomic E-state index is 0.0357. The molecule has 0 bridgehead atoms. The van der Waals surface area contributed by atoms with Crippen LogP contribution in [0.5, 0.6) is 0 Å². The summed E-state index contributed by atoms with van der Waals surface area (Å²) in [5, 5.41) is 7.41. The Morgan fingerprint density at radius 1 is 1.53 bits per heavy atom. The predicted octanol–water partition coefficient (Wildman–Crippen LogP) is 2.21. The Kier molecular flexibility index (Phi) is 4.09. The standard InChI is InChI=1S/C12H21N3OS/c1-9(2)6-17-7-10-14-11(16-15-10)12(3)4-5-13-8-12/h9,13H,4-8H2,1-3H3. The number of rotatable bonds is 5. The van der Waals surface area contributed by atoms with E-state index in [1.165, 1.54) is 0 Å². The Balaban J connectivity index is 1.91. The molecule has 0 spiro atoms. The van der Waals surface area contributed by atoms with Crippen LogP contribution in [-0.2, 0) is 11.2 Å². The molecule has 0 aliphatic carbocycles. The van der Waals surface area contributed by atoms with Crippen LogP contribution in [0.1, 0.15) is 38.9 Å². The third-order valence-corrected chi connectivity index (χ3v) is 4.40. The first kappa shape index (κ1) is 12.9. The van der Waals surface area contributed by atoms with Crippen LogP contribution in [-0.4, -0.2) is 29.0 Å². The molecule has 5 heteroatoms. The van der Waals surface area contributed by atoms with Crippen molar-refractivity contribution >= 4 is 11.8 Å². The van der Waals surface area contributed by atoms with E-state index in [-0.39, 0.29) is 5.41 Å². The molecule has 96 valence electrons. The fourth-order valence-corrected chi connectivity index (χ4v) is 2.83. The Hall–Kier alpha value is -0.550. The smallest absolute Gasteiger partial charge is 0.233 e. The van der Waals surface area contributed by atoms with Crippen molar-refractivity contribution in [2.75, 3.05) is 18.8 Å². The van der Waals surface area contributed by atoms with Crippen molar-refractivity contribution < 1.29 is 4.52 Å². The highest BCUT2D eigenvalue weighted by atomic mass is 32.2. The van der Waals surface area contributed by atoms with Crippen molar-refractivity contribution in [2.24, 2.45) is 5.92 Å². The molecular formula is C12H21N3OS. The lowest BCUT2D eigenvalue weighted by Crippen LogP contribution is -2.25. The van der Waals surface area contributed by atoms with Crippen molar-refractivity contribution in [3.05, 3.63) is 11.7 Å². The number of hydrogen-bond donors (Lipinski definition) is 1. The molecule has 17 heavy (non-hydrogen) atoms. The van der Waals surface area contributed by atoms with Crippen molar-refractivity contribution in [1.29, 1.82) is 0 Å². The largest absolute Gasteiger partial charge is 0.339 e. The zero-order chi connectivity index (χ0) is 12.3. The SMILES string of the molecule is CC(C)CSCc1noc(C2(C)CCNC2)n1. The summed E-state index contributed by atoms with van der Waals surface area (Å²) in [5.41, 5.74) is 0.0357. The lowest BCUT2D eigenvalue weighted by Gasteiger charge is -2.15. The van der Waals surface area contributed by atoms with Gasteiger partial charge in [0.1, 0.15) is 0 Å². The number of nitrogens with zero attached hydrogens (tertiary/aromatic N) is 2. The van der Waals surface area contributed by atoms with Gasteiger partial charge < -0.3 is 9.84 Å². The van der Waals surface area contributed by atoms with Gasteiger partial charge in [0.2, 0.25) is 5.89 Å². The van der Waals surface area contributed by atoms with E-state index < -0.39 is 0 Å². The molecule has 0 radical (unpaired) electrons. The molecular weight excluding hydrogens is 234 g/mol. The summed E-state index contributed by atoms with van der Waals surface area (Å²) in [6.07, 6.45) is 1.08. The highest BCUT2D eigenvalue weighted by Gasteiger charge is 2.36. The summed E-state index contributed by atoms with van der Waals surface area (Å²) in [6, 6.07) is 0. The van der Waals surface area contributed by atoms with Crippen LogP contribution in [0, 0.1) is 5.92 Å². The van der Waals surface area contributed by atoms with Gasteiger partial charge in [-0.05, 0) is 31.6 Å². The highest BCUT2D eigenvalue weighted by Crippen LogP contribution is 2.29. The van der Waals surface area contributed by atoms with Gasteiger partial charge in [0.05, 0.1) is 11.2 Å². The normalized spacial score (nSPS) is 24.7. The van der Waals surface area contributed by atoms with E-state index in [1.807, 2.05) is 11.8 Å². The maximum atomic E-state index is 5.39. The number of thioether (sulfide) groups is 1. The fraction of sp³-hybridized carbons (Fsp3) is 0.833. The molecule has 1 aromatic rings. The molecule has 2 rings (SSSR count). The Morgan fingerprint density at radius 3 is 3.00 bits per heavy atom. The van der Waals surface area contributed by atoms with Gasteiger partial charge in [-0.3, -0.25) is 0 Å². The summed E-state index contributed by atoms with van der Waals surface area (Å²) >= 11 is 1.87. The molecule has 2 heterocycles. The molecule has 1 N–H and O–H groups in total. The minimum absolute atomic E-state index is 0.0357. The van der Waals surface area contributed by atoms with E-state index in [2.05, 4.69) is 36.2 Å². The fourth-order valence-electron chi connectivity index (χ4n) is 1.94. The first-order valence-corrected chi connectivity index (χ1v) is 7.37. The number of aromatic nitrogens is 2. The maximum Gasteiger partial charge on any atom is 0.233 e. The average molecular weight is 255 g/mol. The van der Waals surface area contributed by atoms with Crippen LogP contribution in [0.25, 0.3) is 0 Å². The van der Waals surface area contributed by atoms with Crippen molar-refractivity contribution in [3.8, 4) is 0 Å². The molecule has 1 aromatic heterocycles. The van der Waals surface area contributed by atoms with E-state index >= 15 is 0 Å². The molecule has 1 aliphatic heterocycles. The van der Waals surface area contributed by atoms with Gasteiger partial charge in [0.15, 0.2) is 5.82 Å². The molecule has 0 amide bonds. The third kappa shape index (κ3) is 3.22. The summed E-state index contributed by atoms with van der Waals surface area (Å²) in [4.78, 5) is 4.52. The van der Waals surface area contributed by atoms with Crippen molar-refractivity contribution in [2.45, 2.75) is 38.4 Å². The number of hydrogen-bond acceptors (Lipinski definition) is 5. The van der Waals surface area contributed by atoms with Crippen molar-refractivity contribution in [1.82, 2.24) is 15.5 Å². The minimum Gasteiger partial charge on any atom is -0.339 e. The summed E-state index contributed by atoms with van der Waals surface area (Å²) < 4.78 is 5.39. The zero-order valence-corrected chi connectivity index (χ0v) is 11.6. The van der Waals surface area contributed by atoms with Gasteiger partial charge in [-0.2, -0.15) is 16.7 Å². The van der Waals surface area contributed by atoms with Gasteiger partial charge in [-0.25, -0.2) is 0 Å². The molecule has 1 saturated heterocycles. The summed E-state index contributed by atoms with van der Waals surface area (Å²) in [6.45, 7) is 8.61. The molecule has 4 nitrogen and oxygen atoms in total. The van der Waals surface area contributed by atoms with Gasteiger partial charge in [-0.15, -0.1) is 0 Å². The lowest BCUT2D eigenvalue weighted by molar-refractivity contribution is 0.305. The van der Waals surface area contributed by atoms with E-state index in [9.17, 15) is 0 Å². The van der Waals surface area contributed by atoms with Crippen LogP contribution in [0.15, 0.2) is 4.52 Å². The second kappa shape index (κ2) is 5.40. The number of nitrogens with one attached hydrogen (secondary N) is 1. The lowest BCUT2D eigenvalue weighted by atomic mass is 9.90. The van der Waals surface area contributed by atoms with Crippen LogP contribution in [0.4, 0.5) is 0 Å². The van der Waals surface area contributed by atoms with E-state index in [0.29, 0.717) is 5.92 Å². The zero-order valence-electron chi connectivity index (χ0n) is 10.8. The van der Waals surface area contributed by atoms with Gasteiger partial charge in [-0.1, -0.05) is 19.0 Å². The third-order valence-electron chi connectivity index (χ3n) is 3.04. The summed E-state index contributed by atoms with van der Waals surface area (Å²) in [5.74, 6) is 4.33. The van der Waals surface area contributed by atoms with E-state index in [1.54, 1.807) is 0 Å². The average Bonchev–Trinajstić information content (AvgIpc) is 2.87. The molecule has 0 aromatic carbocycles. The predicted molar refractivity (Wildman–Crippen MR) is 70.1 cm³/mol. The van der Waals surface area contributed by atoms with Gasteiger partial charge in [0, 0.05) is 6.54 Å². The maximum absolute atomic E-state index is 5.39. The molecule has 1 unspecified atom stereocenters. The Bertz CT molecular complexity index is 358. The highest BCUT2D eigenvalue weighted by molar-refractivity contribution is 7.98. The van der Waals surface area contributed by atoms with Crippen LogP contribution in [0.3, 0.4) is 0 Å². The molecule has 1 fully saturated rings. The van der Waals surface area contributed by atoms with Crippen LogP contribution >= 0.6 is 11.8 Å². The second-order valence-electron chi connectivity index (χ2n) is 5.41. The summed E-state index contributed by atoms with van der Waals surface area (Å²) in [7, 11) is 0. The van der Waals surface area contributed by atoms with Gasteiger partial charge >= 0.3 is 0 Å². The first-order chi connectivity index (χ1) is 8.10. The molecule has 0 saturated carbocycles. The van der Waals surface area contributed by atoms with Crippen LogP contribution < -0.4 is 5.32 Å². The first-order valence-electron chi connectivity index (χ1n) is 6.22. The quantitative estimate of drug-likeness (QED) is 0.874. The van der Waals surface area contributed by atoms with Gasteiger partial charge in [0.25, 0.3) is 0 Å². The van der Waals surface area contributed by atoms with Crippen LogP contribution in [0.2, 0.25) is 0 Å². The molecule has 1 aliphatic rings. The Labute approximate surface area is 107 Å². The second-order valence-corrected chi connectivity index (χ2v) is 6.44. The van der Waals surface area contributed by atoms with E-state index in [4.69, 9.17) is 4.52 Å². The monoisotopic (exact) mass is 255 g/mol. The van der Waals surface area contributed by atoms with E-state index in [0.717, 1.165) is 42.7 Å².